The number of para-hydroxylation sites is 1. The summed E-state index contributed by atoms with van der Waals surface area (Å²) in [5.74, 6) is -1.31. The number of nitrogens with one attached hydrogen (secondary N) is 1. The van der Waals surface area contributed by atoms with Crippen molar-refractivity contribution in [1.29, 1.82) is 0 Å². The molecule has 1 aromatic rings. The molecule has 4 nitrogen and oxygen atoms in total. The normalized spacial score (nSPS) is 19.7. The lowest BCUT2D eigenvalue weighted by atomic mass is 9.92. The van der Waals surface area contributed by atoms with Gasteiger partial charge in [0.25, 0.3) is 0 Å². The molecule has 1 aromatic carbocycles. The van der Waals surface area contributed by atoms with Crippen molar-refractivity contribution in [1.82, 2.24) is 5.32 Å². The maximum absolute atomic E-state index is 12.9. The Morgan fingerprint density at radius 3 is 2.73 bits per heavy atom. The molecule has 2 unspecified atom stereocenters. The van der Waals surface area contributed by atoms with Crippen molar-refractivity contribution in [3.05, 3.63) is 29.8 Å². The molecule has 1 heterocycles. The third-order valence-electron chi connectivity index (χ3n) is 3.78. The van der Waals surface area contributed by atoms with Crippen molar-refractivity contribution in [2.24, 2.45) is 11.8 Å². The van der Waals surface area contributed by atoms with E-state index in [2.05, 4.69) is 5.32 Å². The molecule has 0 amide bonds. The molecule has 122 valence electrons. The Morgan fingerprint density at radius 2 is 2.14 bits per heavy atom. The fraction of sp³-hybridized carbons (Fsp3) is 0.533. The lowest BCUT2D eigenvalue weighted by Crippen LogP contribution is -2.32. The Balaban J connectivity index is 2.11. The van der Waals surface area contributed by atoms with E-state index in [1.807, 2.05) is 0 Å². The largest absolute Gasteiger partial charge is 0.492 e. The van der Waals surface area contributed by atoms with Crippen LogP contribution in [0.5, 0.6) is 5.75 Å². The maximum Gasteiger partial charge on any atom is 0.419 e. The second-order valence-corrected chi connectivity index (χ2v) is 5.19. The van der Waals surface area contributed by atoms with E-state index < -0.39 is 23.6 Å². The number of esters is 1. The van der Waals surface area contributed by atoms with Gasteiger partial charge in [-0.15, -0.1) is 0 Å². The average molecular weight is 317 g/mol. The summed E-state index contributed by atoms with van der Waals surface area (Å²) >= 11 is 0. The minimum absolute atomic E-state index is 0.00509. The highest BCUT2D eigenvalue weighted by Gasteiger charge is 2.36. The molecular formula is C15H18F3NO3. The fourth-order valence-electron chi connectivity index (χ4n) is 2.57. The number of alkyl halides is 3. The van der Waals surface area contributed by atoms with Crippen LogP contribution in [0.1, 0.15) is 12.0 Å². The third-order valence-corrected chi connectivity index (χ3v) is 3.78. The molecular weight excluding hydrogens is 299 g/mol. The van der Waals surface area contributed by atoms with Gasteiger partial charge in [-0.2, -0.15) is 13.2 Å². The van der Waals surface area contributed by atoms with E-state index in [-0.39, 0.29) is 18.3 Å². The van der Waals surface area contributed by atoms with Crippen LogP contribution in [0.3, 0.4) is 0 Å². The van der Waals surface area contributed by atoms with Gasteiger partial charge in [0.15, 0.2) is 0 Å². The molecule has 0 bridgehead atoms. The van der Waals surface area contributed by atoms with E-state index in [0.717, 1.165) is 19.0 Å². The van der Waals surface area contributed by atoms with Crippen LogP contribution >= 0.6 is 0 Å². The number of rotatable bonds is 5. The Kier molecular flexibility index (Phi) is 5.28. The first kappa shape index (κ1) is 16.6. The van der Waals surface area contributed by atoms with Crippen molar-refractivity contribution >= 4 is 5.97 Å². The molecule has 22 heavy (non-hydrogen) atoms. The van der Waals surface area contributed by atoms with Gasteiger partial charge >= 0.3 is 12.1 Å². The molecule has 1 N–H and O–H groups in total. The lowest BCUT2D eigenvalue weighted by molar-refractivity contribution is -0.148. The van der Waals surface area contributed by atoms with E-state index in [4.69, 9.17) is 9.47 Å². The molecule has 1 fully saturated rings. The van der Waals surface area contributed by atoms with Gasteiger partial charge in [0.1, 0.15) is 12.4 Å². The molecule has 0 aromatic heterocycles. The van der Waals surface area contributed by atoms with Crippen molar-refractivity contribution in [3.8, 4) is 5.75 Å². The number of ether oxygens (including phenoxy) is 2. The summed E-state index contributed by atoms with van der Waals surface area (Å²) in [6.45, 7) is 1.27. The number of hydrogen-bond donors (Lipinski definition) is 1. The van der Waals surface area contributed by atoms with Crippen LogP contribution in [-0.4, -0.2) is 32.8 Å². The summed E-state index contributed by atoms with van der Waals surface area (Å²) in [6.07, 6.45) is -3.73. The molecule has 0 spiro atoms. The highest BCUT2D eigenvalue weighted by atomic mass is 19.4. The molecule has 2 rings (SSSR count). The zero-order valence-electron chi connectivity index (χ0n) is 12.2. The van der Waals surface area contributed by atoms with Crippen molar-refractivity contribution in [2.45, 2.75) is 12.6 Å². The number of hydrogen-bond acceptors (Lipinski definition) is 4. The van der Waals surface area contributed by atoms with Crippen molar-refractivity contribution < 1.29 is 27.4 Å². The number of methoxy groups -OCH3 is 1. The number of benzene rings is 1. The molecule has 1 aliphatic heterocycles. The molecule has 2 atom stereocenters. The van der Waals surface area contributed by atoms with Crippen molar-refractivity contribution in [2.75, 3.05) is 26.8 Å². The second kappa shape index (κ2) is 7.00. The molecule has 0 aliphatic carbocycles. The first-order valence-corrected chi connectivity index (χ1v) is 7.01. The summed E-state index contributed by atoms with van der Waals surface area (Å²) in [5.41, 5.74) is -0.844. The molecule has 1 aliphatic rings. The average Bonchev–Trinajstić information content (AvgIpc) is 3.00. The molecule has 0 radical (unpaired) electrons. The van der Waals surface area contributed by atoms with Gasteiger partial charge in [-0.3, -0.25) is 4.79 Å². The number of carbonyl (C=O) groups excluding carboxylic acids is 1. The predicted octanol–water partition coefficient (Wildman–Crippen LogP) is 2.48. The zero-order chi connectivity index (χ0) is 16.2. The van der Waals surface area contributed by atoms with Gasteiger partial charge in [-0.05, 0) is 37.6 Å². The summed E-state index contributed by atoms with van der Waals surface area (Å²) in [7, 11) is 1.27. The fourth-order valence-corrected chi connectivity index (χ4v) is 2.57. The standard InChI is InChI=1S/C15H18F3NO3/c1-21-14(20)11(10-6-7-19-8-10)9-22-13-5-3-2-4-12(13)15(16,17)18/h2-5,10-11,19H,6-9H2,1H3. The van der Waals surface area contributed by atoms with Crippen LogP contribution in [0, 0.1) is 11.8 Å². The van der Waals surface area contributed by atoms with Crippen LogP contribution in [0.2, 0.25) is 0 Å². The van der Waals surface area contributed by atoms with E-state index in [1.165, 1.54) is 25.3 Å². The van der Waals surface area contributed by atoms with Gasteiger partial charge in [0.05, 0.1) is 18.6 Å². The molecule has 7 heteroatoms. The zero-order valence-corrected chi connectivity index (χ0v) is 12.2. The molecule has 1 saturated heterocycles. The second-order valence-electron chi connectivity index (χ2n) is 5.19. The highest BCUT2D eigenvalue weighted by molar-refractivity contribution is 5.73. The van der Waals surface area contributed by atoms with Crippen LogP contribution in [-0.2, 0) is 15.7 Å². The summed E-state index contributed by atoms with van der Waals surface area (Å²) in [6, 6.07) is 4.98. The van der Waals surface area contributed by atoms with Gasteiger partial charge in [0, 0.05) is 0 Å². The van der Waals surface area contributed by atoms with Gasteiger partial charge in [-0.25, -0.2) is 0 Å². The van der Waals surface area contributed by atoms with Gasteiger partial charge in [-0.1, -0.05) is 12.1 Å². The Labute approximate surface area is 126 Å². The highest BCUT2D eigenvalue weighted by Crippen LogP contribution is 2.36. The monoisotopic (exact) mass is 317 g/mol. The van der Waals surface area contributed by atoms with Crippen LogP contribution in [0.4, 0.5) is 13.2 Å². The predicted molar refractivity (Wildman–Crippen MR) is 73.4 cm³/mol. The summed E-state index contributed by atoms with van der Waals surface area (Å²) < 4.78 is 48.8. The summed E-state index contributed by atoms with van der Waals surface area (Å²) in [5, 5.41) is 3.12. The quantitative estimate of drug-likeness (QED) is 0.848. The SMILES string of the molecule is COC(=O)C(COc1ccccc1C(F)(F)F)C1CCNC1. The summed E-state index contributed by atoms with van der Waals surface area (Å²) in [4.78, 5) is 11.8. The van der Waals surface area contributed by atoms with E-state index in [1.54, 1.807) is 0 Å². The van der Waals surface area contributed by atoms with E-state index >= 15 is 0 Å². The maximum atomic E-state index is 12.9. The van der Waals surface area contributed by atoms with Gasteiger partial charge in [0.2, 0.25) is 0 Å². The Morgan fingerprint density at radius 1 is 1.41 bits per heavy atom. The van der Waals surface area contributed by atoms with Crippen LogP contribution in [0.25, 0.3) is 0 Å². The van der Waals surface area contributed by atoms with Crippen LogP contribution < -0.4 is 10.1 Å². The minimum atomic E-state index is -4.49. The number of carbonyl (C=O) groups is 1. The van der Waals surface area contributed by atoms with Crippen LogP contribution in [0.15, 0.2) is 24.3 Å². The first-order valence-electron chi connectivity index (χ1n) is 7.01. The minimum Gasteiger partial charge on any atom is -0.492 e. The van der Waals surface area contributed by atoms with E-state index in [9.17, 15) is 18.0 Å². The smallest absolute Gasteiger partial charge is 0.419 e. The lowest BCUT2D eigenvalue weighted by Gasteiger charge is -2.22. The third kappa shape index (κ3) is 3.91. The Bertz CT molecular complexity index is 513. The first-order chi connectivity index (χ1) is 10.4. The van der Waals surface area contributed by atoms with E-state index in [0.29, 0.717) is 6.54 Å². The number of halogens is 3. The van der Waals surface area contributed by atoms with Crippen molar-refractivity contribution in [3.63, 3.8) is 0 Å². The van der Waals surface area contributed by atoms with Gasteiger partial charge < -0.3 is 14.8 Å². The molecule has 0 saturated carbocycles. The Hall–Kier alpha value is -1.76. The topological polar surface area (TPSA) is 47.6 Å².